The minimum Gasteiger partial charge on any atom is -0.370 e. The van der Waals surface area contributed by atoms with Crippen molar-refractivity contribution in [2.75, 3.05) is 31.4 Å². The highest BCUT2D eigenvalue weighted by Gasteiger charge is 2.27. The van der Waals surface area contributed by atoms with Crippen LogP contribution in [0.2, 0.25) is 0 Å². The van der Waals surface area contributed by atoms with Crippen LogP contribution < -0.4 is 0 Å². The highest BCUT2D eigenvalue weighted by molar-refractivity contribution is 7.99. The van der Waals surface area contributed by atoms with Gasteiger partial charge in [0.1, 0.15) is 13.1 Å². The Morgan fingerprint density at radius 1 is 1.50 bits per heavy atom. The highest BCUT2D eigenvalue weighted by Crippen LogP contribution is 2.06. The van der Waals surface area contributed by atoms with Crippen LogP contribution in [0.25, 0.3) is 0 Å². The normalized spacial score (nSPS) is 14.9. The first-order chi connectivity index (χ1) is 7.60. The lowest BCUT2D eigenvalue weighted by molar-refractivity contribution is -1.02. The summed E-state index contributed by atoms with van der Waals surface area (Å²) in [5.74, 6) is 1.68. The quantitative estimate of drug-likeness (QED) is 0.426. The summed E-state index contributed by atoms with van der Waals surface area (Å²) in [6.45, 7) is 6.79. The van der Waals surface area contributed by atoms with Gasteiger partial charge in [-0.05, 0) is 13.8 Å². The molecule has 1 rings (SSSR count). The van der Waals surface area contributed by atoms with E-state index in [-0.39, 0.29) is 4.65 Å². The minimum atomic E-state index is -0.430. The minimum absolute atomic E-state index is 0.241. The molecular formula is C10H20NO4S+. The lowest BCUT2D eigenvalue weighted by atomic mass is 10.5. The SMILES string of the molecule is C1CSCO1.CC[N+](C=O)(CC)OC(C)=O. The second-order valence-electron chi connectivity index (χ2n) is 3.21. The van der Waals surface area contributed by atoms with Gasteiger partial charge in [-0.3, -0.25) is 4.84 Å². The summed E-state index contributed by atoms with van der Waals surface area (Å²) in [7, 11) is 0. The topological polar surface area (TPSA) is 52.6 Å². The molecule has 94 valence electrons. The van der Waals surface area contributed by atoms with E-state index >= 15 is 0 Å². The molecule has 1 aliphatic rings. The molecule has 5 nitrogen and oxygen atoms in total. The molecule has 6 heteroatoms. The predicted molar refractivity (Wildman–Crippen MR) is 62.4 cm³/mol. The molecule has 0 spiro atoms. The molecular weight excluding hydrogens is 230 g/mol. The summed E-state index contributed by atoms with van der Waals surface area (Å²) >= 11 is 1.85. The first-order valence-electron chi connectivity index (χ1n) is 5.29. The molecule has 0 bridgehead atoms. The van der Waals surface area contributed by atoms with Crippen molar-refractivity contribution in [3.05, 3.63) is 0 Å². The summed E-state index contributed by atoms with van der Waals surface area (Å²) in [6, 6.07) is 0. The van der Waals surface area contributed by atoms with Gasteiger partial charge in [0, 0.05) is 12.7 Å². The van der Waals surface area contributed by atoms with E-state index in [2.05, 4.69) is 0 Å². The molecule has 0 radical (unpaired) electrons. The Labute approximate surface area is 101 Å². The standard InChI is InChI=1S/C7H14NO3.C3H6OS/c1-4-8(5-2,6-9)11-7(3)10;1-2-5-3-4-1/h6H,4-5H2,1-3H3;1-3H2/q+1;. The molecule has 1 amide bonds. The van der Waals surface area contributed by atoms with Crippen LogP contribution in [-0.2, 0) is 19.2 Å². The largest absolute Gasteiger partial charge is 0.370 e. The van der Waals surface area contributed by atoms with Gasteiger partial charge in [-0.15, -0.1) is 11.8 Å². The van der Waals surface area contributed by atoms with E-state index in [1.807, 2.05) is 11.8 Å². The van der Waals surface area contributed by atoms with Crippen molar-refractivity contribution in [3.63, 3.8) is 0 Å². The first kappa shape index (κ1) is 15.4. The third kappa shape index (κ3) is 6.09. The number of hydroxylamine groups is 3. The van der Waals surface area contributed by atoms with Gasteiger partial charge in [0.2, 0.25) is 0 Å². The lowest BCUT2D eigenvalue weighted by Gasteiger charge is -2.24. The highest BCUT2D eigenvalue weighted by atomic mass is 32.2. The molecule has 0 aromatic rings. The van der Waals surface area contributed by atoms with Crippen molar-refractivity contribution in [1.29, 1.82) is 0 Å². The second-order valence-corrected chi connectivity index (χ2v) is 4.26. The molecule has 1 fully saturated rings. The Morgan fingerprint density at radius 3 is 2.25 bits per heavy atom. The maximum absolute atomic E-state index is 10.5. The third-order valence-corrected chi connectivity index (χ3v) is 2.90. The number of thioether (sulfide) groups is 1. The number of rotatable bonds is 4. The zero-order valence-electron chi connectivity index (χ0n) is 10.1. The van der Waals surface area contributed by atoms with Crippen LogP contribution >= 0.6 is 11.8 Å². The maximum atomic E-state index is 10.5. The van der Waals surface area contributed by atoms with E-state index in [1.165, 1.54) is 12.7 Å². The van der Waals surface area contributed by atoms with Crippen molar-refractivity contribution in [2.45, 2.75) is 20.8 Å². The number of nitrogens with zero attached hydrogens (tertiary/aromatic N) is 1. The van der Waals surface area contributed by atoms with Crippen LogP contribution in [0, 0.1) is 0 Å². The summed E-state index contributed by atoms with van der Waals surface area (Å²) in [5, 5.41) is 0. The van der Waals surface area contributed by atoms with Crippen LogP contribution in [0.15, 0.2) is 0 Å². The van der Waals surface area contributed by atoms with Crippen LogP contribution in [-0.4, -0.2) is 48.4 Å². The molecule has 0 aromatic heterocycles. The number of amides is 1. The zero-order chi connectivity index (χ0) is 12.4. The van der Waals surface area contributed by atoms with E-state index in [9.17, 15) is 9.59 Å². The van der Waals surface area contributed by atoms with Crippen molar-refractivity contribution in [3.8, 4) is 0 Å². The average molecular weight is 250 g/mol. The Hall–Kier alpha value is -0.590. The number of hydrogen-bond acceptors (Lipinski definition) is 5. The van der Waals surface area contributed by atoms with E-state index < -0.39 is 5.97 Å². The van der Waals surface area contributed by atoms with Crippen molar-refractivity contribution in [1.82, 2.24) is 0 Å². The van der Waals surface area contributed by atoms with Gasteiger partial charge < -0.3 is 4.74 Å². The van der Waals surface area contributed by atoms with E-state index in [1.54, 1.807) is 13.8 Å². The van der Waals surface area contributed by atoms with Crippen LogP contribution in [0.3, 0.4) is 0 Å². The zero-order valence-corrected chi connectivity index (χ0v) is 10.9. The third-order valence-electron chi connectivity index (χ3n) is 2.11. The summed E-state index contributed by atoms with van der Waals surface area (Å²) < 4.78 is 4.67. The van der Waals surface area contributed by atoms with Crippen molar-refractivity contribution in [2.24, 2.45) is 0 Å². The van der Waals surface area contributed by atoms with Gasteiger partial charge in [0.25, 0.3) is 0 Å². The van der Waals surface area contributed by atoms with Crippen LogP contribution in [0.5, 0.6) is 0 Å². The molecule has 1 aliphatic heterocycles. The molecule has 1 heterocycles. The fourth-order valence-electron chi connectivity index (χ4n) is 1.07. The molecule has 0 saturated carbocycles. The van der Waals surface area contributed by atoms with Crippen molar-refractivity contribution < 1.29 is 23.8 Å². The number of quaternary nitrogens is 1. The summed E-state index contributed by atoms with van der Waals surface area (Å²) in [6.07, 6.45) is 0.640. The van der Waals surface area contributed by atoms with Gasteiger partial charge in [-0.1, -0.05) is 4.65 Å². The molecule has 1 saturated heterocycles. The lowest BCUT2D eigenvalue weighted by Crippen LogP contribution is -2.47. The molecule has 0 aliphatic carbocycles. The van der Waals surface area contributed by atoms with E-state index in [0.717, 1.165) is 12.5 Å². The number of ether oxygens (including phenoxy) is 1. The van der Waals surface area contributed by atoms with Crippen LogP contribution in [0.1, 0.15) is 20.8 Å². The number of hydrogen-bond donors (Lipinski definition) is 0. The summed E-state index contributed by atoms with van der Waals surface area (Å²) in [4.78, 5) is 25.9. The Bertz CT molecular complexity index is 207. The van der Waals surface area contributed by atoms with Gasteiger partial charge >= 0.3 is 12.4 Å². The Morgan fingerprint density at radius 2 is 2.12 bits per heavy atom. The number of carbonyl (C=O) groups is 2. The molecule has 0 atom stereocenters. The second kappa shape index (κ2) is 8.55. The monoisotopic (exact) mass is 250 g/mol. The van der Waals surface area contributed by atoms with Crippen molar-refractivity contribution >= 4 is 24.1 Å². The fourth-order valence-corrected chi connectivity index (χ4v) is 1.66. The summed E-state index contributed by atoms with van der Waals surface area (Å²) in [5.41, 5.74) is 0. The predicted octanol–water partition coefficient (Wildman–Crippen LogP) is 1.18. The van der Waals surface area contributed by atoms with Crippen LogP contribution in [0.4, 0.5) is 0 Å². The van der Waals surface area contributed by atoms with Gasteiger partial charge in [-0.25, -0.2) is 9.59 Å². The average Bonchev–Trinajstić information content (AvgIpc) is 2.84. The molecule has 0 N–H and O–H groups in total. The first-order valence-corrected chi connectivity index (χ1v) is 6.44. The molecule has 0 aromatic carbocycles. The molecule has 16 heavy (non-hydrogen) atoms. The molecule has 0 unspecified atom stereocenters. The van der Waals surface area contributed by atoms with Gasteiger partial charge in [0.05, 0.1) is 12.5 Å². The van der Waals surface area contributed by atoms with Gasteiger partial charge in [0.15, 0.2) is 0 Å². The van der Waals surface area contributed by atoms with E-state index in [0.29, 0.717) is 19.5 Å². The Balaban J connectivity index is 0.000000368. The maximum Gasteiger partial charge on any atom is 0.364 e. The fraction of sp³-hybridized carbons (Fsp3) is 0.800. The van der Waals surface area contributed by atoms with E-state index in [4.69, 9.17) is 9.57 Å². The smallest absolute Gasteiger partial charge is 0.364 e. The number of carbonyl (C=O) groups excluding carboxylic acids is 2. The Kier molecular flexibility index (Phi) is 8.23. The van der Waals surface area contributed by atoms with Gasteiger partial charge in [-0.2, -0.15) is 0 Å².